The Kier molecular flexibility index (Phi) is 3.72. The molecule has 0 radical (unpaired) electrons. The third-order valence-electron chi connectivity index (χ3n) is 2.67. The zero-order chi connectivity index (χ0) is 14.9. The van der Waals surface area contributed by atoms with Crippen LogP contribution < -0.4 is 0 Å². The van der Waals surface area contributed by atoms with Gasteiger partial charge < -0.3 is 5.11 Å². The van der Waals surface area contributed by atoms with Crippen molar-refractivity contribution in [1.29, 1.82) is 0 Å². The predicted molar refractivity (Wildman–Crippen MR) is 68.0 cm³/mol. The summed E-state index contributed by atoms with van der Waals surface area (Å²) in [6.07, 6.45) is -4.58. The van der Waals surface area contributed by atoms with Gasteiger partial charge in [-0.3, -0.25) is 4.79 Å². The fourth-order valence-corrected chi connectivity index (χ4v) is 1.78. The van der Waals surface area contributed by atoms with E-state index >= 15 is 0 Å². The van der Waals surface area contributed by atoms with Crippen LogP contribution in [-0.4, -0.2) is 10.9 Å². The van der Waals surface area contributed by atoms with Gasteiger partial charge in [0, 0.05) is 10.6 Å². The molecule has 0 bridgehead atoms. The molecule has 1 N–H and O–H groups in total. The van der Waals surface area contributed by atoms with E-state index in [0.717, 1.165) is 6.07 Å². The van der Waals surface area contributed by atoms with Crippen molar-refractivity contribution in [3.05, 3.63) is 64.2 Å². The summed E-state index contributed by atoms with van der Waals surface area (Å²) in [4.78, 5) is 12.1. The molecule has 0 spiro atoms. The Hall–Kier alpha value is -2.01. The van der Waals surface area contributed by atoms with E-state index in [4.69, 9.17) is 11.6 Å². The summed E-state index contributed by atoms with van der Waals surface area (Å²) in [5.41, 5.74) is -1.25. The fourth-order valence-electron chi connectivity index (χ4n) is 1.65. The molecule has 2 rings (SSSR count). The number of phenolic OH excluding ortho intramolecular Hbond substituents is 1. The molecule has 0 aliphatic heterocycles. The average molecular weight is 301 g/mol. The van der Waals surface area contributed by atoms with E-state index < -0.39 is 28.8 Å². The average Bonchev–Trinajstić information content (AvgIpc) is 2.38. The normalized spacial score (nSPS) is 11.4. The van der Waals surface area contributed by atoms with Gasteiger partial charge in [-0.1, -0.05) is 11.6 Å². The Morgan fingerprint density at radius 3 is 2.20 bits per heavy atom. The van der Waals surface area contributed by atoms with Crippen molar-refractivity contribution >= 4 is 17.4 Å². The van der Waals surface area contributed by atoms with E-state index in [9.17, 15) is 23.1 Å². The first-order valence-electron chi connectivity index (χ1n) is 5.49. The SMILES string of the molecule is O=C(c1ccc(Cl)cc1)c1cc(C(F)(F)F)ccc1O. The van der Waals surface area contributed by atoms with Crippen molar-refractivity contribution in [2.75, 3.05) is 0 Å². The number of rotatable bonds is 2. The second-order valence-corrected chi connectivity index (χ2v) is 4.50. The van der Waals surface area contributed by atoms with Crippen LogP contribution in [0.5, 0.6) is 5.75 Å². The van der Waals surface area contributed by atoms with Gasteiger partial charge in [0.25, 0.3) is 0 Å². The minimum atomic E-state index is -4.58. The summed E-state index contributed by atoms with van der Waals surface area (Å²) in [5, 5.41) is 9.97. The lowest BCUT2D eigenvalue weighted by molar-refractivity contribution is -0.137. The van der Waals surface area contributed by atoms with E-state index in [2.05, 4.69) is 0 Å². The first-order valence-corrected chi connectivity index (χ1v) is 5.87. The third-order valence-corrected chi connectivity index (χ3v) is 2.93. The highest BCUT2D eigenvalue weighted by Crippen LogP contribution is 2.33. The summed E-state index contributed by atoms with van der Waals surface area (Å²) >= 11 is 5.67. The Balaban J connectivity index is 2.46. The number of carbonyl (C=O) groups excluding carboxylic acids is 1. The van der Waals surface area contributed by atoms with Gasteiger partial charge in [0.1, 0.15) is 5.75 Å². The molecular formula is C14H8ClF3O2. The summed E-state index contributed by atoms with van der Waals surface area (Å²) < 4.78 is 37.8. The van der Waals surface area contributed by atoms with Crippen LogP contribution in [0.15, 0.2) is 42.5 Å². The van der Waals surface area contributed by atoms with Gasteiger partial charge in [0.05, 0.1) is 11.1 Å². The van der Waals surface area contributed by atoms with E-state index in [0.29, 0.717) is 17.2 Å². The van der Waals surface area contributed by atoms with E-state index in [1.54, 1.807) is 0 Å². The number of hydrogen-bond acceptors (Lipinski definition) is 2. The van der Waals surface area contributed by atoms with Crippen LogP contribution in [-0.2, 0) is 6.18 Å². The number of ketones is 1. The van der Waals surface area contributed by atoms with Crippen LogP contribution in [0.2, 0.25) is 5.02 Å². The van der Waals surface area contributed by atoms with Gasteiger partial charge in [0.2, 0.25) is 0 Å². The molecule has 0 aliphatic carbocycles. The molecule has 6 heteroatoms. The molecule has 0 unspecified atom stereocenters. The third kappa shape index (κ3) is 2.93. The number of halogens is 4. The first-order chi connectivity index (χ1) is 9.29. The molecule has 0 aromatic heterocycles. The smallest absolute Gasteiger partial charge is 0.416 e. The number of carbonyl (C=O) groups is 1. The van der Waals surface area contributed by atoms with E-state index in [1.807, 2.05) is 0 Å². The Morgan fingerprint density at radius 2 is 1.65 bits per heavy atom. The molecule has 0 aliphatic rings. The second-order valence-electron chi connectivity index (χ2n) is 4.07. The lowest BCUT2D eigenvalue weighted by atomic mass is 10.00. The quantitative estimate of drug-likeness (QED) is 0.840. The highest BCUT2D eigenvalue weighted by atomic mass is 35.5. The van der Waals surface area contributed by atoms with Crippen LogP contribution in [0, 0.1) is 0 Å². The number of aromatic hydroxyl groups is 1. The standard InChI is InChI=1S/C14H8ClF3O2/c15-10-4-1-8(2-5-10)13(20)11-7-9(14(16,17)18)3-6-12(11)19/h1-7,19H. The number of benzene rings is 2. The van der Waals surface area contributed by atoms with Crippen LogP contribution in [0.3, 0.4) is 0 Å². The van der Waals surface area contributed by atoms with Crippen LogP contribution in [0.1, 0.15) is 21.5 Å². The molecule has 0 heterocycles. The predicted octanol–water partition coefficient (Wildman–Crippen LogP) is 4.30. The molecule has 104 valence electrons. The molecule has 2 aromatic carbocycles. The molecule has 0 amide bonds. The van der Waals surface area contributed by atoms with Crippen molar-refractivity contribution in [1.82, 2.24) is 0 Å². The second kappa shape index (κ2) is 5.17. The highest BCUT2D eigenvalue weighted by molar-refractivity contribution is 6.30. The molecule has 0 atom stereocenters. The Morgan fingerprint density at radius 1 is 1.05 bits per heavy atom. The topological polar surface area (TPSA) is 37.3 Å². The minimum Gasteiger partial charge on any atom is -0.507 e. The van der Waals surface area contributed by atoms with Crippen molar-refractivity contribution in [2.24, 2.45) is 0 Å². The number of alkyl halides is 3. The lowest BCUT2D eigenvalue weighted by Crippen LogP contribution is -2.08. The first kappa shape index (κ1) is 14.4. The summed E-state index contributed by atoms with van der Waals surface area (Å²) in [6.45, 7) is 0. The zero-order valence-electron chi connectivity index (χ0n) is 9.91. The van der Waals surface area contributed by atoms with Gasteiger partial charge in [-0.25, -0.2) is 0 Å². The molecule has 20 heavy (non-hydrogen) atoms. The maximum absolute atomic E-state index is 12.6. The van der Waals surface area contributed by atoms with Crippen LogP contribution in [0.25, 0.3) is 0 Å². The molecule has 2 aromatic rings. The number of hydrogen-bond donors (Lipinski definition) is 1. The van der Waals surface area contributed by atoms with Crippen LogP contribution in [0.4, 0.5) is 13.2 Å². The maximum atomic E-state index is 12.6. The maximum Gasteiger partial charge on any atom is 0.416 e. The lowest BCUT2D eigenvalue weighted by Gasteiger charge is -2.10. The van der Waals surface area contributed by atoms with Crippen molar-refractivity contribution in [3.63, 3.8) is 0 Å². The fraction of sp³-hybridized carbons (Fsp3) is 0.0714. The van der Waals surface area contributed by atoms with Gasteiger partial charge in [-0.2, -0.15) is 13.2 Å². The summed E-state index contributed by atoms with van der Waals surface area (Å²) in [5.74, 6) is -1.21. The molecule has 2 nitrogen and oxygen atoms in total. The van der Waals surface area contributed by atoms with E-state index in [-0.39, 0.29) is 5.56 Å². The summed E-state index contributed by atoms with van der Waals surface area (Å²) in [7, 11) is 0. The van der Waals surface area contributed by atoms with Gasteiger partial charge in [-0.05, 0) is 42.5 Å². The highest BCUT2D eigenvalue weighted by Gasteiger charge is 2.31. The Labute approximate surface area is 117 Å². The number of phenols is 1. The van der Waals surface area contributed by atoms with Crippen molar-refractivity contribution in [2.45, 2.75) is 6.18 Å². The molecule has 0 saturated carbocycles. The zero-order valence-corrected chi connectivity index (χ0v) is 10.7. The monoisotopic (exact) mass is 300 g/mol. The van der Waals surface area contributed by atoms with Crippen LogP contribution >= 0.6 is 11.6 Å². The summed E-state index contributed by atoms with van der Waals surface area (Å²) in [6, 6.07) is 7.85. The van der Waals surface area contributed by atoms with Crippen molar-refractivity contribution in [3.8, 4) is 5.75 Å². The Bertz CT molecular complexity index is 648. The van der Waals surface area contributed by atoms with Gasteiger partial charge in [0.15, 0.2) is 5.78 Å². The molecular weight excluding hydrogens is 293 g/mol. The largest absolute Gasteiger partial charge is 0.507 e. The van der Waals surface area contributed by atoms with E-state index in [1.165, 1.54) is 24.3 Å². The molecule has 0 saturated heterocycles. The van der Waals surface area contributed by atoms with Gasteiger partial charge >= 0.3 is 6.18 Å². The van der Waals surface area contributed by atoms with Gasteiger partial charge in [-0.15, -0.1) is 0 Å². The molecule has 0 fully saturated rings. The van der Waals surface area contributed by atoms with Crippen molar-refractivity contribution < 1.29 is 23.1 Å². The minimum absolute atomic E-state index is 0.143.